The number of nitrogens with one attached hydrogen (secondary N) is 1. The average Bonchev–Trinajstić information content (AvgIpc) is 2.75. The number of hydrogen-bond acceptors (Lipinski definition) is 3. The molecule has 1 atom stereocenters. The van der Waals surface area contributed by atoms with Crippen LogP contribution in [0.5, 0.6) is 5.75 Å². The predicted molar refractivity (Wildman–Crippen MR) is 65.5 cm³/mol. The van der Waals surface area contributed by atoms with E-state index in [2.05, 4.69) is 5.32 Å². The van der Waals surface area contributed by atoms with E-state index in [4.69, 9.17) is 27.9 Å². The molecule has 1 aromatic carbocycles. The van der Waals surface area contributed by atoms with Crippen LogP contribution in [0, 0.1) is 5.92 Å². The molecule has 0 aromatic heterocycles. The van der Waals surface area contributed by atoms with Crippen LogP contribution in [0.2, 0.25) is 10.0 Å². The number of aromatic hydroxyl groups is 1. The summed E-state index contributed by atoms with van der Waals surface area (Å²) in [4.78, 5) is 0. The molecule has 0 amide bonds. The Morgan fingerprint density at radius 1 is 1.38 bits per heavy atom. The quantitative estimate of drug-likeness (QED) is 0.822. The molecule has 1 fully saturated rings. The van der Waals surface area contributed by atoms with Gasteiger partial charge in [-0.2, -0.15) is 0 Å². The Hall–Kier alpha value is -0.640. The van der Waals surface area contributed by atoms with Crippen molar-refractivity contribution in [1.29, 1.82) is 0 Å². The summed E-state index contributed by atoms with van der Waals surface area (Å²) in [6.45, 7) is 2.47. The van der Waals surface area contributed by atoms with Crippen molar-refractivity contribution in [3.63, 3.8) is 0 Å². The predicted octanol–water partition coefficient (Wildman–Crippen LogP) is 3.15. The number of anilines is 1. The van der Waals surface area contributed by atoms with Crippen LogP contribution in [-0.2, 0) is 4.74 Å². The Morgan fingerprint density at radius 3 is 2.62 bits per heavy atom. The van der Waals surface area contributed by atoms with E-state index in [-0.39, 0.29) is 15.8 Å². The lowest BCUT2D eigenvalue weighted by atomic mass is 10.1. The zero-order valence-corrected chi connectivity index (χ0v) is 10.2. The second-order valence-electron chi connectivity index (χ2n) is 3.90. The number of rotatable bonds is 3. The minimum absolute atomic E-state index is 0.0712. The number of phenols is 1. The van der Waals surface area contributed by atoms with E-state index in [0.29, 0.717) is 5.92 Å². The van der Waals surface area contributed by atoms with Crippen LogP contribution in [0.25, 0.3) is 0 Å². The molecule has 2 N–H and O–H groups in total. The van der Waals surface area contributed by atoms with Gasteiger partial charge >= 0.3 is 0 Å². The lowest BCUT2D eigenvalue weighted by molar-refractivity contribution is 0.187. The van der Waals surface area contributed by atoms with E-state index < -0.39 is 0 Å². The molecule has 88 valence electrons. The fourth-order valence-corrected chi connectivity index (χ4v) is 2.16. The van der Waals surface area contributed by atoms with Crippen LogP contribution >= 0.6 is 23.2 Å². The normalized spacial score (nSPS) is 20.0. The SMILES string of the molecule is Oc1c(Cl)cc(NCC2CCOC2)cc1Cl. The molecule has 1 heterocycles. The first-order chi connectivity index (χ1) is 7.66. The first-order valence-corrected chi connectivity index (χ1v) is 5.92. The van der Waals surface area contributed by atoms with Crippen LogP contribution < -0.4 is 5.32 Å². The number of halogens is 2. The third-order valence-corrected chi connectivity index (χ3v) is 3.21. The van der Waals surface area contributed by atoms with Gasteiger partial charge in [0.1, 0.15) is 0 Å². The maximum atomic E-state index is 9.40. The molecular weight excluding hydrogens is 249 g/mol. The number of hydrogen-bond donors (Lipinski definition) is 2. The van der Waals surface area contributed by atoms with Crippen molar-refractivity contribution in [3.8, 4) is 5.75 Å². The van der Waals surface area contributed by atoms with Crippen LogP contribution in [0.15, 0.2) is 12.1 Å². The van der Waals surface area contributed by atoms with E-state index in [9.17, 15) is 5.11 Å². The summed E-state index contributed by atoms with van der Waals surface area (Å²) in [6.07, 6.45) is 1.08. The molecule has 1 aliphatic heterocycles. The topological polar surface area (TPSA) is 41.5 Å². The highest BCUT2D eigenvalue weighted by molar-refractivity contribution is 6.37. The molecule has 0 spiro atoms. The molecule has 3 nitrogen and oxygen atoms in total. The average molecular weight is 262 g/mol. The second kappa shape index (κ2) is 5.13. The number of ether oxygens (including phenoxy) is 1. The minimum atomic E-state index is -0.0712. The molecule has 1 aliphatic rings. The molecule has 1 aromatic rings. The standard InChI is InChI=1S/C11H13Cl2NO2/c12-9-3-8(4-10(13)11(9)15)14-5-7-1-2-16-6-7/h3-4,7,14-15H,1-2,5-6H2. The summed E-state index contributed by atoms with van der Waals surface area (Å²) >= 11 is 11.6. The van der Waals surface area contributed by atoms with E-state index >= 15 is 0 Å². The molecular formula is C11H13Cl2NO2. The van der Waals surface area contributed by atoms with Gasteiger partial charge < -0.3 is 15.2 Å². The van der Waals surface area contributed by atoms with Crippen molar-refractivity contribution < 1.29 is 9.84 Å². The fraction of sp³-hybridized carbons (Fsp3) is 0.455. The molecule has 16 heavy (non-hydrogen) atoms. The molecule has 0 saturated carbocycles. The largest absolute Gasteiger partial charge is 0.505 e. The third kappa shape index (κ3) is 2.73. The van der Waals surface area contributed by atoms with Crippen LogP contribution in [0.1, 0.15) is 6.42 Å². The Kier molecular flexibility index (Phi) is 3.79. The van der Waals surface area contributed by atoms with Crippen molar-refractivity contribution in [2.75, 3.05) is 25.1 Å². The molecule has 0 aliphatic carbocycles. The molecule has 0 radical (unpaired) electrons. The summed E-state index contributed by atoms with van der Waals surface area (Å²) in [5.41, 5.74) is 0.819. The monoisotopic (exact) mass is 261 g/mol. The van der Waals surface area contributed by atoms with Crippen molar-refractivity contribution in [1.82, 2.24) is 0 Å². The van der Waals surface area contributed by atoms with Crippen molar-refractivity contribution >= 4 is 28.9 Å². The van der Waals surface area contributed by atoms with Crippen LogP contribution in [0.3, 0.4) is 0 Å². The van der Waals surface area contributed by atoms with Gasteiger partial charge in [0, 0.05) is 24.8 Å². The Morgan fingerprint density at radius 2 is 2.06 bits per heavy atom. The van der Waals surface area contributed by atoms with Crippen molar-refractivity contribution in [2.45, 2.75) is 6.42 Å². The van der Waals surface area contributed by atoms with Gasteiger partial charge in [0.2, 0.25) is 0 Å². The highest BCUT2D eigenvalue weighted by atomic mass is 35.5. The summed E-state index contributed by atoms with van der Waals surface area (Å²) in [5.74, 6) is 0.462. The van der Waals surface area contributed by atoms with Gasteiger partial charge in [0.05, 0.1) is 16.7 Å². The Balaban J connectivity index is 1.98. The summed E-state index contributed by atoms with van der Waals surface area (Å²) in [5, 5.41) is 13.2. The van der Waals surface area contributed by atoms with E-state index in [1.165, 1.54) is 0 Å². The summed E-state index contributed by atoms with van der Waals surface area (Å²) in [6, 6.07) is 3.33. The van der Waals surface area contributed by atoms with E-state index in [1.54, 1.807) is 12.1 Å². The smallest absolute Gasteiger partial charge is 0.152 e. The third-order valence-electron chi connectivity index (χ3n) is 2.64. The van der Waals surface area contributed by atoms with Gasteiger partial charge in [-0.05, 0) is 18.6 Å². The van der Waals surface area contributed by atoms with Gasteiger partial charge in [-0.25, -0.2) is 0 Å². The van der Waals surface area contributed by atoms with Crippen LogP contribution in [-0.4, -0.2) is 24.9 Å². The number of benzene rings is 1. The van der Waals surface area contributed by atoms with Gasteiger partial charge in [0.15, 0.2) is 5.75 Å². The maximum absolute atomic E-state index is 9.40. The lowest BCUT2D eigenvalue weighted by Gasteiger charge is -2.12. The van der Waals surface area contributed by atoms with Crippen molar-refractivity contribution in [3.05, 3.63) is 22.2 Å². The second-order valence-corrected chi connectivity index (χ2v) is 4.71. The molecule has 2 rings (SSSR count). The Labute approximate surface area is 104 Å². The van der Waals surface area contributed by atoms with Gasteiger partial charge in [-0.1, -0.05) is 23.2 Å². The zero-order valence-electron chi connectivity index (χ0n) is 8.67. The first-order valence-electron chi connectivity index (χ1n) is 5.16. The Bertz CT molecular complexity index is 355. The minimum Gasteiger partial charge on any atom is -0.505 e. The van der Waals surface area contributed by atoms with E-state index in [0.717, 1.165) is 31.9 Å². The van der Waals surface area contributed by atoms with Gasteiger partial charge in [-0.15, -0.1) is 0 Å². The zero-order chi connectivity index (χ0) is 11.5. The summed E-state index contributed by atoms with van der Waals surface area (Å²) < 4.78 is 5.28. The molecule has 1 unspecified atom stereocenters. The van der Waals surface area contributed by atoms with Crippen LogP contribution in [0.4, 0.5) is 5.69 Å². The maximum Gasteiger partial charge on any atom is 0.152 e. The highest BCUT2D eigenvalue weighted by Gasteiger charge is 2.15. The molecule has 5 heteroatoms. The fourth-order valence-electron chi connectivity index (χ4n) is 1.67. The molecule has 1 saturated heterocycles. The van der Waals surface area contributed by atoms with E-state index in [1.807, 2.05) is 0 Å². The lowest BCUT2D eigenvalue weighted by Crippen LogP contribution is -2.13. The van der Waals surface area contributed by atoms with Gasteiger partial charge in [-0.3, -0.25) is 0 Å². The summed E-state index contributed by atoms with van der Waals surface area (Å²) in [7, 11) is 0. The van der Waals surface area contributed by atoms with Crippen molar-refractivity contribution in [2.24, 2.45) is 5.92 Å². The highest BCUT2D eigenvalue weighted by Crippen LogP contribution is 2.34. The first kappa shape index (κ1) is 11.8. The number of phenolic OH excluding ortho intramolecular Hbond substituents is 1. The van der Waals surface area contributed by atoms with Gasteiger partial charge in [0.25, 0.3) is 0 Å². The molecule has 0 bridgehead atoms.